The van der Waals surface area contributed by atoms with E-state index in [1.807, 2.05) is 0 Å². The van der Waals surface area contributed by atoms with Crippen molar-refractivity contribution in [3.63, 3.8) is 0 Å². The number of fused-ring (bicyclic) bond motifs is 1. The molecule has 0 bridgehead atoms. The molecular formula is C6H10N2OS. The van der Waals surface area contributed by atoms with Crippen molar-refractivity contribution in [2.75, 3.05) is 0 Å². The predicted octanol–water partition coefficient (Wildman–Crippen LogP) is -0.0324. The van der Waals surface area contributed by atoms with Crippen LogP contribution in [0.4, 0.5) is 0 Å². The van der Waals surface area contributed by atoms with Crippen LogP contribution in [-0.4, -0.2) is 23.5 Å². The molecule has 2 N–H and O–H groups in total. The lowest BCUT2D eigenvalue weighted by Crippen LogP contribution is -2.42. The molecule has 2 heterocycles. The molecule has 56 valence electrons. The monoisotopic (exact) mass is 158 g/mol. The molecule has 0 aromatic carbocycles. The minimum Gasteiger partial charge on any atom is -0.359 e. The Bertz CT molecular complexity index is 173. The van der Waals surface area contributed by atoms with Gasteiger partial charge in [0, 0.05) is 0 Å². The highest BCUT2D eigenvalue weighted by Crippen LogP contribution is 2.19. The zero-order valence-corrected chi connectivity index (χ0v) is 6.57. The van der Waals surface area contributed by atoms with Gasteiger partial charge in [0.15, 0.2) is 0 Å². The summed E-state index contributed by atoms with van der Waals surface area (Å²) in [4.78, 5) is 0.841. The van der Waals surface area contributed by atoms with Crippen molar-refractivity contribution in [3.8, 4) is 0 Å². The van der Waals surface area contributed by atoms with Crippen molar-refractivity contribution in [2.45, 2.75) is 31.8 Å². The third-order valence-electron chi connectivity index (χ3n) is 1.81. The number of thiocarbonyl (C=S) groups is 1. The van der Waals surface area contributed by atoms with E-state index in [0.717, 1.165) is 11.4 Å². The summed E-state index contributed by atoms with van der Waals surface area (Å²) < 4.78 is 5.51. The van der Waals surface area contributed by atoms with E-state index in [2.05, 4.69) is 17.6 Å². The molecule has 10 heavy (non-hydrogen) atoms. The quantitative estimate of drug-likeness (QED) is 0.415. The Morgan fingerprint density at radius 2 is 2.50 bits per heavy atom. The number of hydrogen-bond acceptors (Lipinski definition) is 3. The highest BCUT2D eigenvalue weighted by Gasteiger charge is 2.44. The number of hydrogen-bond donors (Lipinski definition) is 2. The second kappa shape index (κ2) is 2.15. The molecule has 2 aliphatic heterocycles. The summed E-state index contributed by atoms with van der Waals surface area (Å²) in [5, 5.41) is 6.25. The summed E-state index contributed by atoms with van der Waals surface area (Å²) in [5.41, 5.74) is 0. The van der Waals surface area contributed by atoms with E-state index in [4.69, 9.17) is 17.0 Å². The number of ether oxygens (including phenoxy) is 1. The number of morpholine rings is 1. The Morgan fingerprint density at radius 1 is 1.70 bits per heavy atom. The second-order valence-corrected chi connectivity index (χ2v) is 3.05. The summed E-state index contributed by atoms with van der Waals surface area (Å²) in [7, 11) is 0. The molecular weight excluding hydrogens is 148 g/mol. The molecule has 0 aromatic rings. The first-order valence-electron chi connectivity index (χ1n) is 3.53. The van der Waals surface area contributed by atoms with Gasteiger partial charge in [-0.25, -0.2) is 0 Å². The molecule has 3 unspecified atom stereocenters. The van der Waals surface area contributed by atoms with Crippen LogP contribution in [0, 0.1) is 0 Å². The van der Waals surface area contributed by atoms with Crippen LogP contribution in [0.2, 0.25) is 0 Å². The molecule has 0 aliphatic carbocycles. The van der Waals surface area contributed by atoms with Crippen molar-refractivity contribution >= 4 is 17.2 Å². The zero-order valence-electron chi connectivity index (χ0n) is 5.76. The smallest absolute Gasteiger partial charge is 0.144 e. The summed E-state index contributed by atoms with van der Waals surface area (Å²) in [5.74, 6) is 0. The molecule has 0 spiro atoms. The van der Waals surface area contributed by atoms with Gasteiger partial charge < -0.3 is 10.1 Å². The number of rotatable bonds is 1. The minimum atomic E-state index is 0.131. The molecule has 2 aliphatic rings. The van der Waals surface area contributed by atoms with E-state index in [0.29, 0.717) is 6.17 Å². The first kappa shape index (κ1) is 6.52. The minimum absolute atomic E-state index is 0.131. The topological polar surface area (TPSA) is 43.2 Å². The van der Waals surface area contributed by atoms with Gasteiger partial charge in [0.25, 0.3) is 0 Å². The van der Waals surface area contributed by atoms with Crippen molar-refractivity contribution in [1.82, 2.24) is 10.6 Å². The summed E-state index contributed by atoms with van der Waals surface area (Å²) in [6.45, 7) is 2.07. The third kappa shape index (κ3) is 0.923. The van der Waals surface area contributed by atoms with E-state index >= 15 is 0 Å². The van der Waals surface area contributed by atoms with Gasteiger partial charge in [-0.15, -0.1) is 0 Å². The third-order valence-corrected chi connectivity index (χ3v) is 2.19. The van der Waals surface area contributed by atoms with Crippen LogP contribution in [0.25, 0.3) is 0 Å². The molecule has 2 rings (SSSR count). The summed E-state index contributed by atoms with van der Waals surface area (Å²) in [6.07, 6.45) is 1.61. The lowest BCUT2D eigenvalue weighted by Gasteiger charge is -2.21. The van der Waals surface area contributed by atoms with Gasteiger partial charge in [0.05, 0.1) is 0 Å². The largest absolute Gasteiger partial charge is 0.359 e. The maximum Gasteiger partial charge on any atom is 0.144 e. The predicted molar refractivity (Wildman–Crippen MR) is 41.6 cm³/mol. The van der Waals surface area contributed by atoms with Crippen LogP contribution in [-0.2, 0) is 4.74 Å². The van der Waals surface area contributed by atoms with Gasteiger partial charge >= 0.3 is 0 Å². The standard InChI is InChI=1S/C6H10N2OS/c1-2-3-6(10)8-4-5(7-4)9-3/h3-5,7H,2H2,1H3,(H,8,10). The molecule has 2 saturated heterocycles. The van der Waals surface area contributed by atoms with Gasteiger partial charge in [-0.2, -0.15) is 0 Å². The maximum absolute atomic E-state index is 5.51. The summed E-state index contributed by atoms with van der Waals surface area (Å²) in [6, 6.07) is 0. The highest BCUT2D eigenvalue weighted by atomic mass is 32.1. The van der Waals surface area contributed by atoms with Crippen LogP contribution in [0.3, 0.4) is 0 Å². The molecule has 3 nitrogen and oxygen atoms in total. The Hall–Kier alpha value is -0.190. The van der Waals surface area contributed by atoms with Crippen molar-refractivity contribution in [3.05, 3.63) is 0 Å². The van der Waals surface area contributed by atoms with Crippen LogP contribution < -0.4 is 10.6 Å². The Balaban J connectivity index is 2.01. The van der Waals surface area contributed by atoms with Gasteiger partial charge in [0.2, 0.25) is 0 Å². The van der Waals surface area contributed by atoms with Gasteiger partial charge in [-0.1, -0.05) is 19.1 Å². The van der Waals surface area contributed by atoms with Gasteiger partial charge in [-0.05, 0) is 6.42 Å². The van der Waals surface area contributed by atoms with E-state index in [1.54, 1.807) is 0 Å². The number of nitrogens with one attached hydrogen (secondary N) is 2. The average molecular weight is 158 g/mol. The molecule has 0 radical (unpaired) electrons. The van der Waals surface area contributed by atoms with Crippen LogP contribution in [0.5, 0.6) is 0 Å². The molecule has 3 atom stereocenters. The Morgan fingerprint density at radius 3 is 3.20 bits per heavy atom. The Labute approximate surface area is 65.1 Å². The highest BCUT2D eigenvalue weighted by molar-refractivity contribution is 7.80. The fourth-order valence-electron chi connectivity index (χ4n) is 1.12. The second-order valence-electron chi connectivity index (χ2n) is 2.61. The lowest BCUT2D eigenvalue weighted by atomic mass is 10.2. The molecule has 0 amide bonds. The van der Waals surface area contributed by atoms with Crippen LogP contribution >= 0.6 is 12.2 Å². The normalized spacial score (nSPS) is 44.1. The average Bonchev–Trinajstić information content (AvgIpc) is 2.64. The maximum atomic E-state index is 5.51. The van der Waals surface area contributed by atoms with Gasteiger partial charge in [-0.3, -0.25) is 5.32 Å². The molecule has 0 saturated carbocycles. The summed E-state index contributed by atoms with van der Waals surface area (Å²) >= 11 is 5.05. The van der Waals surface area contributed by atoms with Crippen molar-refractivity contribution in [1.29, 1.82) is 0 Å². The Kier molecular flexibility index (Phi) is 1.40. The zero-order chi connectivity index (χ0) is 7.14. The molecule has 4 heteroatoms. The molecule has 2 fully saturated rings. The van der Waals surface area contributed by atoms with E-state index in [1.165, 1.54) is 0 Å². The fourth-order valence-corrected chi connectivity index (χ4v) is 1.47. The first-order chi connectivity index (χ1) is 4.81. The van der Waals surface area contributed by atoms with Crippen LogP contribution in [0.1, 0.15) is 13.3 Å². The van der Waals surface area contributed by atoms with E-state index < -0.39 is 0 Å². The lowest BCUT2D eigenvalue weighted by molar-refractivity contribution is 0.0617. The molecule has 0 aromatic heterocycles. The van der Waals surface area contributed by atoms with Crippen molar-refractivity contribution in [2.24, 2.45) is 0 Å². The van der Waals surface area contributed by atoms with E-state index in [-0.39, 0.29) is 12.3 Å². The van der Waals surface area contributed by atoms with Gasteiger partial charge in [0.1, 0.15) is 23.5 Å². The fraction of sp³-hybridized carbons (Fsp3) is 0.833. The van der Waals surface area contributed by atoms with E-state index in [9.17, 15) is 0 Å². The van der Waals surface area contributed by atoms with Crippen molar-refractivity contribution < 1.29 is 4.74 Å². The first-order valence-corrected chi connectivity index (χ1v) is 3.94. The SMILES string of the molecule is CCC1OC2NC2NC1=S. The van der Waals surface area contributed by atoms with Crippen LogP contribution in [0.15, 0.2) is 0 Å².